The molecule has 0 saturated heterocycles. The number of benzene rings is 2. The smallest absolute Gasteiger partial charge is 0.271 e. The van der Waals surface area contributed by atoms with Crippen LogP contribution < -0.4 is 20.7 Å². The van der Waals surface area contributed by atoms with Crippen LogP contribution in [-0.2, 0) is 4.79 Å². The maximum atomic E-state index is 13.0. The molecule has 1 atom stereocenters. The Labute approximate surface area is 188 Å². The first kappa shape index (κ1) is 22.2. The normalized spacial score (nSPS) is 11.3. The van der Waals surface area contributed by atoms with Crippen LogP contribution in [-0.4, -0.2) is 23.1 Å². The molecule has 1 amide bonds. The fraction of sp³-hybridized carbons (Fsp3) is 0.143. The Morgan fingerprint density at radius 2 is 1.94 bits per heavy atom. The average molecular weight is 457 g/mol. The van der Waals surface area contributed by atoms with Gasteiger partial charge in [-0.05, 0) is 59.2 Å². The molecular weight excluding hydrogens is 436 g/mol. The summed E-state index contributed by atoms with van der Waals surface area (Å²) in [6.45, 7) is 1.91. The minimum Gasteiger partial charge on any atom is -0.495 e. The molecule has 1 unspecified atom stereocenters. The van der Waals surface area contributed by atoms with Crippen LogP contribution in [0.25, 0.3) is 0 Å². The van der Waals surface area contributed by atoms with E-state index in [0.717, 1.165) is 11.1 Å². The molecular formula is C21H20N4O4S2. The highest BCUT2D eigenvalue weighted by Gasteiger charge is 2.23. The molecule has 0 saturated carbocycles. The van der Waals surface area contributed by atoms with Crippen molar-refractivity contribution in [2.24, 2.45) is 0 Å². The summed E-state index contributed by atoms with van der Waals surface area (Å²) < 4.78 is 5.25. The Hall–Kier alpha value is -3.50. The molecule has 1 heterocycles. The number of rotatable bonds is 7. The summed E-state index contributed by atoms with van der Waals surface area (Å²) in [6, 6.07) is 12.7. The summed E-state index contributed by atoms with van der Waals surface area (Å²) in [4.78, 5) is 23.6. The number of nitrogens with one attached hydrogen (secondary N) is 3. The maximum Gasteiger partial charge on any atom is 0.271 e. The summed E-state index contributed by atoms with van der Waals surface area (Å²) in [6.07, 6.45) is 0. The summed E-state index contributed by atoms with van der Waals surface area (Å²) in [5.74, 6) is 0.0917. The van der Waals surface area contributed by atoms with Crippen molar-refractivity contribution in [2.45, 2.75) is 13.0 Å². The van der Waals surface area contributed by atoms with E-state index in [1.807, 2.05) is 48.0 Å². The van der Waals surface area contributed by atoms with Gasteiger partial charge in [0.05, 0.1) is 17.7 Å². The van der Waals surface area contributed by atoms with Crippen LogP contribution >= 0.6 is 23.6 Å². The lowest BCUT2D eigenvalue weighted by Gasteiger charge is -2.21. The molecule has 3 N–H and O–H groups in total. The Kier molecular flexibility index (Phi) is 7.16. The summed E-state index contributed by atoms with van der Waals surface area (Å²) in [5.41, 5.74) is 2.58. The average Bonchev–Trinajstić information content (AvgIpc) is 3.28. The minimum absolute atomic E-state index is 0.113. The quantitative estimate of drug-likeness (QED) is 0.270. The van der Waals surface area contributed by atoms with Gasteiger partial charge in [0, 0.05) is 17.8 Å². The number of amides is 1. The van der Waals surface area contributed by atoms with E-state index in [0.29, 0.717) is 17.1 Å². The number of methoxy groups -OCH3 is 1. The highest BCUT2D eigenvalue weighted by Crippen LogP contribution is 2.29. The van der Waals surface area contributed by atoms with Crippen molar-refractivity contribution in [1.29, 1.82) is 0 Å². The lowest BCUT2D eigenvalue weighted by molar-refractivity contribution is -0.384. The third-order valence-electron chi connectivity index (χ3n) is 4.46. The van der Waals surface area contributed by atoms with Crippen LogP contribution in [0, 0.1) is 17.0 Å². The number of carbonyl (C=O) groups is 1. The van der Waals surface area contributed by atoms with Gasteiger partial charge in [-0.2, -0.15) is 11.3 Å². The van der Waals surface area contributed by atoms with Crippen LogP contribution in [0.15, 0.2) is 59.3 Å². The number of ether oxygens (including phenoxy) is 1. The number of nitro groups is 1. The number of anilines is 2. The molecule has 0 radical (unpaired) electrons. The monoisotopic (exact) mass is 456 g/mol. The fourth-order valence-electron chi connectivity index (χ4n) is 2.85. The van der Waals surface area contributed by atoms with Crippen LogP contribution in [0.2, 0.25) is 0 Å². The van der Waals surface area contributed by atoms with Gasteiger partial charge < -0.3 is 20.7 Å². The number of para-hydroxylation sites is 1. The Bertz CT molecular complexity index is 1100. The van der Waals surface area contributed by atoms with Crippen molar-refractivity contribution >= 4 is 51.6 Å². The van der Waals surface area contributed by atoms with Gasteiger partial charge in [0.1, 0.15) is 11.8 Å². The van der Waals surface area contributed by atoms with Crippen LogP contribution in [0.4, 0.5) is 17.1 Å². The molecule has 3 aromatic rings. The first-order valence-corrected chi connectivity index (χ1v) is 10.5. The molecule has 2 aromatic carbocycles. The molecule has 31 heavy (non-hydrogen) atoms. The second kappa shape index (κ2) is 10.0. The summed E-state index contributed by atoms with van der Waals surface area (Å²) in [7, 11) is 1.45. The number of hydrogen-bond donors (Lipinski definition) is 3. The zero-order chi connectivity index (χ0) is 22.4. The van der Waals surface area contributed by atoms with Crippen LogP contribution in [0.3, 0.4) is 0 Å². The zero-order valence-corrected chi connectivity index (χ0v) is 18.4. The second-order valence-corrected chi connectivity index (χ2v) is 7.72. The predicted molar refractivity (Wildman–Crippen MR) is 126 cm³/mol. The number of non-ortho nitro benzene ring substituents is 1. The van der Waals surface area contributed by atoms with Gasteiger partial charge in [-0.1, -0.05) is 18.2 Å². The van der Waals surface area contributed by atoms with Crippen molar-refractivity contribution < 1.29 is 14.5 Å². The van der Waals surface area contributed by atoms with Crippen molar-refractivity contribution in [2.75, 3.05) is 17.7 Å². The van der Waals surface area contributed by atoms with Gasteiger partial charge in [-0.3, -0.25) is 14.9 Å². The lowest BCUT2D eigenvalue weighted by atomic mass is 10.1. The number of thiocarbonyl (C=S) groups is 1. The second-order valence-electron chi connectivity index (χ2n) is 6.53. The molecule has 1 aromatic heterocycles. The van der Waals surface area contributed by atoms with Gasteiger partial charge in [0.25, 0.3) is 11.6 Å². The van der Waals surface area contributed by atoms with Gasteiger partial charge in [0.2, 0.25) is 0 Å². The highest BCUT2D eigenvalue weighted by molar-refractivity contribution is 7.80. The number of nitrogens with zero attached hydrogens (tertiary/aromatic N) is 1. The van der Waals surface area contributed by atoms with E-state index in [-0.39, 0.29) is 16.7 Å². The maximum absolute atomic E-state index is 13.0. The van der Waals surface area contributed by atoms with E-state index in [1.54, 1.807) is 0 Å². The lowest BCUT2D eigenvalue weighted by Crippen LogP contribution is -2.39. The number of hydrogen-bond acceptors (Lipinski definition) is 6. The van der Waals surface area contributed by atoms with Gasteiger partial charge in [0.15, 0.2) is 5.11 Å². The Morgan fingerprint density at radius 3 is 2.58 bits per heavy atom. The van der Waals surface area contributed by atoms with E-state index in [9.17, 15) is 14.9 Å². The molecule has 160 valence electrons. The first-order chi connectivity index (χ1) is 14.9. The van der Waals surface area contributed by atoms with Crippen molar-refractivity contribution in [3.63, 3.8) is 0 Å². The number of nitro benzene ring substituents is 1. The molecule has 0 aliphatic heterocycles. The molecule has 3 rings (SSSR count). The van der Waals surface area contributed by atoms with Crippen LogP contribution in [0.5, 0.6) is 5.75 Å². The zero-order valence-electron chi connectivity index (χ0n) is 16.7. The molecule has 0 aliphatic carbocycles. The van der Waals surface area contributed by atoms with E-state index >= 15 is 0 Å². The molecule has 8 nitrogen and oxygen atoms in total. The topological polar surface area (TPSA) is 106 Å². The van der Waals surface area contributed by atoms with Crippen molar-refractivity contribution in [1.82, 2.24) is 5.32 Å². The van der Waals surface area contributed by atoms with Crippen LogP contribution in [0.1, 0.15) is 17.2 Å². The van der Waals surface area contributed by atoms with Gasteiger partial charge in [-0.25, -0.2) is 0 Å². The minimum atomic E-state index is -0.768. The standard InChI is InChI=1S/C21H20N4O4S2/c1-13-5-3-4-6-16(13)22-20(26)19(14-9-10-31-12-14)24-21(30)23-17-11-15(25(27)28)7-8-18(17)29-2/h3-12,19H,1-2H3,(H,22,26)(H2,23,24,30). The summed E-state index contributed by atoms with van der Waals surface area (Å²) in [5, 5.41) is 23.7. The third-order valence-corrected chi connectivity index (χ3v) is 5.38. The Morgan fingerprint density at radius 1 is 1.16 bits per heavy atom. The van der Waals surface area contributed by atoms with E-state index < -0.39 is 11.0 Å². The largest absolute Gasteiger partial charge is 0.495 e. The SMILES string of the molecule is COc1ccc([N+](=O)[O-])cc1NC(=S)NC(C(=O)Nc1ccccc1C)c1ccsc1. The highest BCUT2D eigenvalue weighted by atomic mass is 32.1. The van der Waals surface area contributed by atoms with Gasteiger partial charge in [-0.15, -0.1) is 0 Å². The fourth-order valence-corrected chi connectivity index (χ4v) is 3.77. The van der Waals surface area contributed by atoms with Crippen molar-refractivity contribution in [3.05, 3.63) is 80.5 Å². The molecule has 0 fully saturated rings. The third kappa shape index (κ3) is 5.56. The Balaban J connectivity index is 1.80. The van der Waals surface area contributed by atoms with E-state index in [2.05, 4.69) is 16.0 Å². The molecule has 0 spiro atoms. The van der Waals surface area contributed by atoms with Gasteiger partial charge >= 0.3 is 0 Å². The molecule has 0 bridgehead atoms. The number of carbonyl (C=O) groups excluding carboxylic acids is 1. The first-order valence-electron chi connectivity index (χ1n) is 9.17. The van der Waals surface area contributed by atoms with Crippen molar-refractivity contribution in [3.8, 4) is 5.75 Å². The number of thiophene rings is 1. The molecule has 0 aliphatic rings. The predicted octanol–water partition coefficient (Wildman–Crippen LogP) is 4.64. The van der Waals surface area contributed by atoms with E-state index in [4.69, 9.17) is 17.0 Å². The number of aryl methyl sites for hydroxylation is 1. The van der Waals surface area contributed by atoms with E-state index in [1.165, 1.54) is 36.6 Å². The summed E-state index contributed by atoms with van der Waals surface area (Å²) >= 11 is 6.85. The molecule has 10 heteroatoms.